The molecule has 0 unspecified atom stereocenters. The second-order valence-electron chi connectivity index (χ2n) is 3.24. The number of carbonyl (C=O) groups excluding carboxylic acids is 2. The van der Waals surface area contributed by atoms with Gasteiger partial charge in [0.25, 0.3) is 0 Å². The lowest BCUT2D eigenvalue weighted by atomic mass is 9.96. The minimum Gasteiger partial charge on any atom is -0.463 e. The van der Waals surface area contributed by atoms with E-state index in [2.05, 4.69) is 4.74 Å². The summed E-state index contributed by atoms with van der Waals surface area (Å²) >= 11 is 0. The molecule has 0 heterocycles. The molecule has 0 aromatic carbocycles. The van der Waals surface area contributed by atoms with Gasteiger partial charge in [-0.15, -0.1) is 0 Å². The third-order valence-corrected chi connectivity index (χ3v) is 2.06. The lowest BCUT2D eigenvalue weighted by Crippen LogP contribution is -2.25. The van der Waals surface area contributed by atoms with E-state index in [1.807, 2.05) is 6.92 Å². The Labute approximate surface area is 89.9 Å². The fourth-order valence-electron chi connectivity index (χ4n) is 1.16. The van der Waals surface area contributed by atoms with Crippen molar-refractivity contribution < 1.29 is 19.4 Å². The van der Waals surface area contributed by atoms with E-state index in [1.54, 1.807) is 6.92 Å². The molecule has 0 amide bonds. The first-order chi connectivity index (χ1) is 7.02. The molecule has 2 atom stereocenters. The highest BCUT2D eigenvalue weighted by Gasteiger charge is 2.18. The molecule has 0 spiro atoms. The second kappa shape index (κ2) is 7.17. The lowest BCUT2D eigenvalue weighted by molar-refractivity contribution is -0.137. The third-order valence-electron chi connectivity index (χ3n) is 2.06. The molecule has 0 saturated heterocycles. The molecule has 15 heavy (non-hydrogen) atoms. The van der Waals surface area contributed by atoms with Crippen LogP contribution in [0.15, 0.2) is 12.2 Å². The quantitative estimate of drug-likeness (QED) is 0.531. The van der Waals surface area contributed by atoms with Gasteiger partial charge in [0.05, 0.1) is 6.61 Å². The highest BCUT2D eigenvalue weighted by molar-refractivity contribution is 5.83. The van der Waals surface area contributed by atoms with Crippen molar-refractivity contribution >= 4 is 11.8 Å². The number of hydrogen-bond acceptors (Lipinski definition) is 4. The van der Waals surface area contributed by atoms with Crippen molar-refractivity contribution in [3.05, 3.63) is 12.2 Å². The molecule has 0 rings (SSSR count). The maximum Gasteiger partial charge on any atom is 0.330 e. The van der Waals surface area contributed by atoms with Crippen molar-refractivity contribution in [2.24, 2.45) is 5.92 Å². The summed E-state index contributed by atoms with van der Waals surface area (Å²) < 4.78 is 4.68. The Bertz CT molecular complexity index is 245. The van der Waals surface area contributed by atoms with Crippen molar-refractivity contribution in [3.63, 3.8) is 0 Å². The number of aliphatic hydroxyl groups excluding tert-OH is 1. The van der Waals surface area contributed by atoms with E-state index in [-0.39, 0.29) is 11.7 Å². The van der Waals surface area contributed by atoms with E-state index in [9.17, 15) is 14.7 Å². The number of ether oxygens (including phenoxy) is 1. The number of Topliss-reactive ketones (excluding diaryl/α,β-unsaturated/α-hetero) is 1. The molecule has 0 aliphatic rings. The Hall–Kier alpha value is -1.16. The highest BCUT2D eigenvalue weighted by atomic mass is 16.5. The van der Waals surface area contributed by atoms with Crippen LogP contribution in [0.1, 0.15) is 27.2 Å². The van der Waals surface area contributed by atoms with Crippen LogP contribution in [0.3, 0.4) is 0 Å². The van der Waals surface area contributed by atoms with E-state index < -0.39 is 12.1 Å². The zero-order valence-electron chi connectivity index (χ0n) is 9.40. The molecule has 0 aliphatic carbocycles. The maximum absolute atomic E-state index is 11.0. The average molecular weight is 214 g/mol. The van der Waals surface area contributed by atoms with E-state index >= 15 is 0 Å². The van der Waals surface area contributed by atoms with Crippen molar-refractivity contribution in [2.75, 3.05) is 6.61 Å². The van der Waals surface area contributed by atoms with Crippen molar-refractivity contribution in [1.82, 2.24) is 0 Å². The van der Waals surface area contributed by atoms with Crippen LogP contribution in [-0.4, -0.2) is 29.6 Å². The van der Waals surface area contributed by atoms with Gasteiger partial charge >= 0.3 is 5.97 Å². The minimum atomic E-state index is -1.04. The molecule has 86 valence electrons. The van der Waals surface area contributed by atoms with Crippen LogP contribution in [0.5, 0.6) is 0 Å². The Kier molecular flexibility index (Phi) is 6.62. The normalized spacial score (nSPS) is 14.9. The molecule has 4 heteroatoms. The van der Waals surface area contributed by atoms with E-state index in [0.29, 0.717) is 13.0 Å². The van der Waals surface area contributed by atoms with Crippen LogP contribution in [0.25, 0.3) is 0 Å². The third kappa shape index (κ3) is 5.32. The summed E-state index contributed by atoms with van der Waals surface area (Å²) in [5.41, 5.74) is 0. The zero-order chi connectivity index (χ0) is 11.8. The molecule has 0 aromatic heterocycles. The van der Waals surface area contributed by atoms with Gasteiger partial charge in [0.2, 0.25) is 0 Å². The summed E-state index contributed by atoms with van der Waals surface area (Å²) in [6, 6.07) is 0. The van der Waals surface area contributed by atoms with Gasteiger partial charge in [-0.05, 0) is 20.3 Å². The Morgan fingerprint density at radius 3 is 2.40 bits per heavy atom. The number of ketones is 1. The lowest BCUT2D eigenvalue weighted by Gasteiger charge is -2.14. The SMILES string of the molecule is CCOC(=O)/C=C/[C@@H](CC)[C@@H](O)C(C)=O. The molecular weight excluding hydrogens is 196 g/mol. The predicted octanol–water partition coefficient (Wildman–Crippen LogP) is 1.08. The Morgan fingerprint density at radius 1 is 1.40 bits per heavy atom. The van der Waals surface area contributed by atoms with Crippen molar-refractivity contribution in [1.29, 1.82) is 0 Å². The molecule has 0 bridgehead atoms. The van der Waals surface area contributed by atoms with Crippen LogP contribution in [0, 0.1) is 5.92 Å². The highest BCUT2D eigenvalue weighted by Crippen LogP contribution is 2.11. The monoisotopic (exact) mass is 214 g/mol. The molecule has 1 N–H and O–H groups in total. The first kappa shape index (κ1) is 13.8. The standard InChI is InChI=1S/C11H18O4/c1-4-9(11(14)8(3)12)6-7-10(13)15-5-2/h6-7,9,11,14H,4-5H2,1-3H3/b7-6+/t9-,11+/m1/s1. The summed E-state index contributed by atoms with van der Waals surface area (Å²) in [4.78, 5) is 21.9. The van der Waals surface area contributed by atoms with Gasteiger partial charge in [0.15, 0.2) is 5.78 Å². The fraction of sp³-hybridized carbons (Fsp3) is 0.636. The molecule has 0 aliphatic heterocycles. The van der Waals surface area contributed by atoms with E-state index in [4.69, 9.17) is 0 Å². The number of esters is 1. The van der Waals surface area contributed by atoms with Crippen molar-refractivity contribution in [3.8, 4) is 0 Å². The summed E-state index contributed by atoms with van der Waals surface area (Å²) in [5, 5.41) is 9.48. The second-order valence-corrected chi connectivity index (χ2v) is 3.24. The molecule has 0 fully saturated rings. The van der Waals surface area contributed by atoms with Gasteiger partial charge in [0.1, 0.15) is 6.10 Å². The first-order valence-corrected chi connectivity index (χ1v) is 5.06. The number of carbonyl (C=O) groups is 2. The molecule has 0 aromatic rings. The van der Waals surface area contributed by atoms with Crippen LogP contribution >= 0.6 is 0 Å². The average Bonchev–Trinajstić information content (AvgIpc) is 2.18. The van der Waals surface area contributed by atoms with Gasteiger partial charge in [-0.1, -0.05) is 13.0 Å². The maximum atomic E-state index is 11.0. The molecule has 0 saturated carbocycles. The minimum absolute atomic E-state index is 0.296. The van der Waals surface area contributed by atoms with Gasteiger partial charge in [0, 0.05) is 12.0 Å². The van der Waals surface area contributed by atoms with E-state index in [1.165, 1.54) is 19.1 Å². The summed E-state index contributed by atoms with van der Waals surface area (Å²) in [6.07, 6.45) is 2.32. The molecule has 0 radical (unpaired) electrons. The van der Waals surface area contributed by atoms with Crippen molar-refractivity contribution in [2.45, 2.75) is 33.3 Å². The van der Waals surface area contributed by atoms with Crippen LogP contribution < -0.4 is 0 Å². The Balaban J connectivity index is 4.32. The van der Waals surface area contributed by atoms with E-state index in [0.717, 1.165) is 0 Å². The largest absolute Gasteiger partial charge is 0.463 e. The van der Waals surface area contributed by atoms with Gasteiger partial charge in [-0.25, -0.2) is 4.79 Å². The van der Waals surface area contributed by atoms with Crippen LogP contribution in [-0.2, 0) is 14.3 Å². The Morgan fingerprint density at radius 2 is 2.00 bits per heavy atom. The van der Waals surface area contributed by atoms with Gasteiger partial charge < -0.3 is 9.84 Å². The molecule has 4 nitrogen and oxygen atoms in total. The van der Waals surface area contributed by atoms with Crippen LogP contribution in [0.2, 0.25) is 0 Å². The number of hydrogen-bond donors (Lipinski definition) is 1. The summed E-state index contributed by atoms with van der Waals surface area (Å²) in [6.45, 7) is 5.19. The zero-order valence-corrected chi connectivity index (χ0v) is 9.40. The summed E-state index contributed by atoms with van der Waals surface area (Å²) in [5.74, 6) is -1.08. The summed E-state index contributed by atoms with van der Waals surface area (Å²) in [7, 11) is 0. The van der Waals surface area contributed by atoms with Crippen LogP contribution in [0.4, 0.5) is 0 Å². The smallest absolute Gasteiger partial charge is 0.330 e. The first-order valence-electron chi connectivity index (χ1n) is 5.06. The number of aliphatic hydroxyl groups is 1. The van der Waals surface area contributed by atoms with Gasteiger partial charge in [-0.2, -0.15) is 0 Å². The number of rotatable bonds is 6. The predicted molar refractivity (Wildman–Crippen MR) is 56.2 cm³/mol. The fourth-order valence-corrected chi connectivity index (χ4v) is 1.16. The van der Waals surface area contributed by atoms with Gasteiger partial charge in [-0.3, -0.25) is 4.79 Å². The molecular formula is C11H18O4. The topological polar surface area (TPSA) is 63.6 Å².